The van der Waals surface area contributed by atoms with Gasteiger partial charge in [-0.3, -0.25) is 4.79 Å². The van der Waals surface area contributed by atoms with Crippen LogP contribution in [0.1, 0.15) is 26.3 Å². The molecule has 146 valence electrons. The Balaban J connectivity index is 2.04. The summed E-state index contributed by atoms with van der Waals surface area (Å²) in [6, 6.07) is 10.1. The minimum Gasteiger partial charge on any atom is -0.490 e. The molecule has 0 radical (unpaired) electrons. The van der Waals surface area contributed by atoms with Gasteiger partial charge in [-0.25, -0.2) is 4.79 Å². The summed E-state index contributed by atoms with van der Waals surface area (Å²) in [4.78, 5) is 27.4. The highest BCUT2D eigenvalue weighted by Gasteiger charge is 2.14. The van der Waals surface area contributed by atoms with Crippen molar-refractivity contribution in [2.24, 2.45) is 5.10 Å². The maximum atomic E-state index is 12.5. The molecule has 1 N–H and O–H groups in total. The number of nitrogens with one attached hydrogen (secondary N) is 1. The molecule has 0 spiro atoms. The van der Waals surface area contributed by atoms with Gasteiger partial charge in [0.25, 0.3) is 5.56 Å². The van der Waals surface area contributed by atoms with Gasteiger partial charge in [-0.1, -0.05) is 23.7 Å². The zero-order valence-electron chi connectivity index (χ0n) is 15.7. The van der Waals surface area contributed by atoms with Crippen molar-refractivity contribution in [2.45, 2.75) is 26.9 Å². The molecule has 0 amide bonds. The second-order valence-electron chi connectivity index (χ2n) is 6.27. The van der Waals surface area contributed by atoms with Crippen LogP contribution in [0.2, 0.25) is 5.02 Å². The lowest BCUT2D eigenvalue weighted by Gasteiger charge is -2.16. The maximum Gasteiger partial charge on any atom is 0.349 e. The van der Waals surface area contributed by atoms with Gasteiger partial charge in [-0.15, -0.1) is 4.68 Å². The Labute approximate surface area is 166 Å². The van der Waals surface area contributed by atoms with Gasteiger partial charge in [0.2, 0.25) is 0 Å². The zero-order chi connectivity index (χ0) is 20.3. The van der Waals surface area contributed by atoms with E-state index >= 15 is 0 Å². The van der Waals surface area contributed by atoms with Crippen LogP contribution >= 0.6 is 11.6 Å². The second-order valence-corrected chi connectivity index (χ2v) is 6.67. The normalized spacial score (nSPS) is 11.5. The molecule has 0 aliphatic heterocycles. The number of H-pyrrole nitrogens is 1. The summed E-state index contributed by atoms with van der Waals surface area (Å²) in [5.41, 5.74) is -0.118. The highest BCUT2D eigenvalue weighted by atomic mass is 35.5. The first-order valence-electron chi connectivity index (χ1n) is 8.82. The van der Waals surface area contributed by atoms with Crippen molar-refractivity contribution >= 4 is 28.7 Å². The lowest BCUT2D eigenvalue weighted by atomic mass is 10.2. The van der Waals surface area contributed by atoms with Gasteiger partial charge >= 0.3 is 5.69 Å². The smallest absolute Gasteiger partial charge is 0.349 e. The van der Waals surface area contributed by atoms with E-state index in [0.29, 0.717) is 39.6 Å². The van der Waals surface area contributed by atoms with Crippen molar-refractivity contribution in [3.8, 4) is 11.5 Å². The molecule has 1 aromatic heterocycles. The lowest BCUT2D eigenvalue weighted by molar-refractivity contribution is 0.224. The number of ether oxygens (including phenoxy) is 2. The van der Waals surface area contributed by atoms with E-state index in [1.54, 1.807) is 36.4 Å². The summed E-state index contributed by atoms with van der Waals surface area (Å²) in [7, 11) is 0. The molecule has 0 saturated carbocycles. The van der Waals surface area contributed by atoms with Crippen molar-refractivity contribution in [2.75, 3.05) is 6.61 Å². The predicted molar refractivity (Wildman–Crippen MR) is 110 cm³/mol. The highest BCUT2D eigenvalue weighted by molar-refractivity contribution is 6.32. The molecule has 3 rings (SSSR count). The SMILES string of the molecule is CCOc1cc(C=Nn2c(=O)[nH]c3ccccc3c2=O)cc(Cl)c1OC(C)C. The van der Waals surface area contributed by atoms with Crippen LogP contribution in [0.5, 0.6) is 11.5 Å². The minimum atomic E-state index is -0.629. The lowest BCUT2D eigenvalue weighted by Crippen LogP contribution is -2.32. The van der Waals surface area contributed by atoms with Crippen LogP contribution in [0.3, 0.4) is 0 Å². The van der Waals surface area contributed by atoms with Gasteiger partial charge < -0.3 is 14.5 Å². The van der Waals surface area contributed by atoms with E-state index < -0.39 is 11.2 Å². The maximum absolute atomic E-state index is 12.5. The van der Waals surface area contributed by atoms with Gasteiger partial charge in [0.15, 0.2) is 11.5 Å². The minimum absolute atomic E-state index is 0.0778. The molecule has 0 aliphatic carbocycles. The third-order valence-corrected chi connectivity index (χ3v) is 4.07. The average molecular weight is 402 g/mol. The summed E-state index contributed by atoms with van der Waals surface area (Å²) in [6.45, 7) is 6.05. The molecule has 0 fully saturated rings. The van der Waals surface area contributed by atoms with E-state index in [1.807, 2.05) is 20.8 Å². The number of hydrogen-bond acceptors (Lipinski definition) is 5. The number of aromatic amines is 1. The van der Waals surface area contributed by atoms with Crippen LogP contribution < -0.4 is 20.7 Å². The van der Waals surface area contributed by atoms with E-state index in [0.717, 1.165) is 4.68 Å². The molecule has 1 heterocycles. The van der Waals surface area contributed by atoms with Gasteiger partial charge in [-0.2, -0.15) is 5.10 Å². The van der Waals surface area contributed by atoms with Crippen molar-refractivity contribution in [3.05, 3.63) is 67.8 Å². The van der Waals surface area contributed by atoms with Crippen LogP contribution in [0.15, 0.2) is 51.1 Å². The number of para-hydroxylation sites is 1. The molecule has 7 nitrogen and oxygen atoms in total. The molecule has 0 saturated heterocycles. The van der Waals surface area contributed by atoms with Crippen LogP contribution in [-0.4, -0.2) is 28.6 Å². The van der Waals surface area contributed by atoms with Gasteiger partial charge in [0.05, 0.1) is 34.9 Å². The number of fused-ring (bicyclic) bond motifs is 1. The number of hydrogen-bond donors (Lipinski definition) is 1. The van der Waals surface area contributed by atoms with Crippen LogP contribution in [0, 0.1) is 0 Å². The average Bonchev–Trinajstić information content (AvgIpc) is 2.64. The standard InChI is InChI=1S/C20H20ClN3O4/c1-4-27-17-10-13(9-15(21)18(17)28-12(2)3)11-22-24-19(25)14-7-5-6-8-16(14)23-20(24)26/h5-12H,4H2,1-3H3,(H,23,26). The molecular weight excluding hydrogens is 382 g/mol. The Hall–Kier alpha value is -3.06. The van der Waals surface area contributed by atoms with Crippen molar-refractivity contribution in [1.29, 1.82) is 0 Å². The third-order valence-electron chi connectivity index (χ3n) is 3.79. The fraction of sp³-hybridized carbons (Fsp3) is 0.250. The van der Waals surface area contributed by atoms with Gasteiger partial charge in [0, 0.05) is 0 Å². The molecule has 8 heteroatoms. The first-order valence-corrected chi connectivity index (χ1v) is 9.20. The molecule has 0 unspecified atom stereocenters. The Bertz CT molecular complexity index is 1150. The Morgan fingerprint density at radius 1 is 1.25 bits per heavy atom. The van der Waals surface area contributed by atoms with E-state index in [1.165, 1.54) is 6.21 Å². The summed E-state index contributed by atoms with van der Waals surface area (Å²) in [6.07, 6.45) is 1.30. The predicted octanol–water partition coefficient (Wildman–Crippen LogP) is 3.41. The van der Waals surface area contributed by atoms with Crippen LogP contribution in [0.25, 0.3) is 10.9 Å². The third kappa shape index (κ3) is 4.09. The number of halogens is 1. The van der Waals surface area contributed by atoms with Crippen molar-refractivity contribution in [1.82, 2.24) is 9.66 Å². The monoisotopic (exact) mass is 401 g/mol. The highest BCUT2D eigenvalue weighted by Crippen LogP contribution is 2.37. The van der Waals surface area contributed by atoms with Crippen LogP contribution in [-0.2, 0) is 0 Å². The summed E-state index contributed by atoms with van der Waals surface area (Å²) in [5.74, 6) is 0.904. The number of rotatable bonds is 6. The zero-order valence-corrected chi connectivity index (χ0v) is 16.5. The number of nitrogens with zero attached hydrogens (tertiary/aromatic N) is 2. The molecule has 28 heavy (non-hydrogen) atoms. The number of benzene rings is 2. The Morgan fingerprint density at radius 2 is 2.00 bits per heavy atom. The summed E-state index contributed by atoms with van der Waals surface area (Å²) in [5, 5.41) is 4.76. The fourth-order valence-electron chi connectivity index (χ4n) is 2.66. The van der Waals surface area contributed by atoms with Gasteiger partial charge in [-0.05, 0) is 50.6 Å². The quantitative estimate of drug-likeness (QED) is 0.641. The van der Waals surface area contributed by atoms with E-state index in [4.69, 9.17) is 21.1 Å². The number of aromatic nitrogens is 2. The van der Waals surface area contributed by atoms with Crippen molar-refractivity contribution < 1.29 is 9.47 Å². The second kappa shape index (κ2) is 8.31. The van der Waals surface area contributed by atoms with Crippen molar-refractivity contribution in [3.63, 3.8) is 0 Å². The summed E-state index contributed by atoms with van der Waals surface area (Å²) >= 11 is 6.33. The molecular formula is C20H20ClN3O4. The largest absolute Gasteiger partial charge is 0.490 e. The molecule has 0 aliphatic rings. The Morgan fingerprint density at radius 3 is 2.71 bits per heavy atom. The van der Waals surface area contributed by atoms with E-state index in [2.05, 4.69) is 10.1 Å². The molecule has 2 aromatic carbocycles. The molecule has 3 aromatic rings. The topological polar surface area (TPSA) is 85.7 Å². The first-order chi connectivity index (χ1) is 13.4. The van der Waals surface area contributed by atoms with E-state index in [9.17, 15) is 9.59 Å². The molecule has 0 atom stereocenters. The Kier molecular flexibility index (Phi) is 5.84. The first kappa shape index (κ1) is 19.7. The van der Waals surface area contributed by atoms with E-state index in [-0.39, 0.29) is 6.10 Å². The molecule has 0 bridgehead atoms. The van der Waals surface area contributed by atoms with Crippen LogP contribution in [0.4, 0.5) is 0 Å². The van der Waals surface area contributed by atoms with Gasteiger partial charge in [0.1, 0.15) is 0 Å². The fourth-order valence-corrected chi connectivity index (χ4v) is 2.92. The summed E-state index contributed by atoms with van der Waals surface area (Å²) < 4.78 is 12.1.